The monoisotopic (exact) mass is 291 g/mol. The first kappa shape index (κ1) is 19.3. The third-order valence-corrected chi connectivity index (χ3v) is 2.72. The van der Waals surface area contributed by atoms with Crippen molar-refractivity contribution in [3.05, 3.63) is 0 Å². The second kappa shape index (κ2) is 11.0. The number of methoxy groups -OCH3 is 1. The van der Waals surface area contributed by atoms with Crippen LogP contribution in [-0.2, 0) is 23.7 Å². The summed E-state index contributed by atoms with van der Waals surface area (Å²) in [5.74, 6) is -0.390. The van der Waals surface area contributed by atoms with Crippen LogP contribution in [0.5, 0.6) is 0 Å². The van der Waals surface area contributed by atoms with E-state index in [1.807, 2.05) is 6.92 Å². The second-order valence-electron chi connectivity index (χ2n) is 4.98. The number of hydrogen-bond donors (Lipinski definition) is 1. The van der Waals surface area contributed by atoms with E-state index in [2.05, 4.69) is 0 Å². The van der Waals surface area contributed by atoms with Gasteiger partial charge < -0.3 is 24.7 Å². The van der Waals surface area contributed by atoms with Crippen molar-refractivity contribution < 1.29 is 23.7 Å². The number of nitrogens with two attached hydrogens (primary N) is 1. The lowest BCUT2D eigenvalue weighted by molar-refractivity contribution is -0.150. The molecule has 2 atom stereocenters. The van der Waals surface area contributed by atoms with Crippen molar-refractivity contribution in [2.75, 3.05) is 40.1 Å². The summed E-state index contributed by atoms with van der Waals surface area (Å²) in [6.07, 6.45) is 1.12. The molecule has 0 aliphatic heterocycles. The van der Waals surface area contributed by atoms with Crippen LogP contribution in [-0.4, -0.2) is 57.8 Å². The predicted octanol–water partition coefficient (Wildman–Crippen LogP) is 1.12. The lowest BCUT2D eigenvalue weighted by atomic mass is 9.96. The number of ether oxygens (including phenoxy) is 4. The van der Waals surface area contributed by atoms with Crippen LogP contribution in [0, 0.1) is 0 Å². The Balaban J connectivity index is 3.71. The molecule has 120 valence electrons. The molecule has 0 fully saturated rings. The minimum absolute atomic E-state index is 0.103. The molecule has 0 aliphatic rings. The Morgan fingerprint density at radius 1 is 1.25 bits per heavy atom. The normalized spacial score (nSPS) is 15.7. The predicted molar refractivity (Wildman–Crippen MR) is 76.6 cm³/mol. The Morgan fingerprint density at radius 3 is 2.55 bits per heavy atom. The topological polar surface area (TPSA) is 80.0 Å². The van der Waals surface area contributed by atoms with Gasteiger partial charge >= 0.3 is 5.97 Å². The van der Waals surface area contributed by atoms with Crippen molar-refractivity contribution in [3.63, 3.8) is 0 Å². The summed E-state index contributed by atoms with van der Waals surface area (Å²) < 4.78 is 20.7. The molecule has 0 spiro atoms. The quantitative estimate of drug-likeness (QED) is 0.429. The summed E-state index contributed by atoms with van der Waals surface area (Å²) in [4.78, 5) is 11.6. The van der Waals surface area contributed by atoms with E-state index >= 15 is 0 Å². The Hall–Kier alpha value is -0.690. The van der Waals surface area contributed by atoms with Gasteiger partial charge in [-0.15, -0.1) is 0 Å². The molecule has 0 saturated heterocycles. The summed E-state index contributed by atoms with van der Waals surface area (Å²) in [6, 6.07) is 0. The van der Waals surface area contributed by atoms with Gasteiger partial charge in [0.15, 0.2) is 0 Å². The maximum absolute atomic E-state index is 11.6. The average molecular weight is 291 g/mol. The highest BCUT2D eigenvalue weighted by Gasteiger charge is 2.32. The van der Waals surface area contributed by atoms with Gasteiger partial charge in [-0.05, 0) is 27.2 Å². The van der Waals surface area contributed by atoms with E-state index in [0.29, 0.717) is 39.5 Å². The number of carbonyl (C=O) groups excluding carboxylic acids is 1. The summed E-state index contributed by atoms with van der Waals surface area (Å²) in [6.45, 7) is 8.06. The maximum atomic E-state index is 11.6. The fourth-order valence-corrected chi connectivity index (χ4v) is 1.73. The van der Waals surface area contributed by atoms with Crippen LogP contribution in [0.3, 0.4) is 0 Å². The molecular weight excluding hydrogens is 262 g/mol. The molecule has 0 aromatic carbocycles. The second-order valence-corrected chi connectivity index (χ2v) is 4.98. The van der Waals surface area contributed by atoms with Crippen molar-refractivity contribution in [3.8, 4) is 0 Å². The van der Waals surface area contributed by atoms with Crippen molar-refractivity contribution in [2.24, 2.45) is 5.73 Å². The molecule has 6 nitrogen and oxygen atoms in total. The van der Waals surface area contributed by atoms with Crippen LogP contribution in [0.25, 0.3) is 0 Å². The third-order valence-electron chi connectivity index (χ3n) is 2.72. The fourth-order valence-electron chi connectivity index (χ4n) is 1.73. The first-order chi connectivity index (χ1) is 9.44. The smallest absolute Gasteiger partial charge is 0.325 e. The summed E-state index contributed by atoms with van der Waals surface area (Å²) in [5.41, 5.74) is 4.93. The molecule has 0 aliphatic carbocycles. The molecule has 0 heterocycles. The first-order valence-corrected chi connectivity index (χ1v) is 7.08. The van der Waals surface area contributed by atoms with Gasteiger partial charge in [0.25, 0.3) is 0 Å². The van der Waals surface area contributed by atoms with Crippen molar-refractivity contribution in [1.29, 1.82) is 0 Å². The van der Waals surface area contributed by atoms with E-state index in [0.717, 1.165) is 6.42 Å². The minimum Gasteiger partial charge on any atom is -0.465 e. The van der Waals surface area contributed by atoms with E-state index in [1.165, 1.54) is 0 Å². The number of carbonyl (C=O) groups is 1. The van der Waals surface area contributed by atoms with Gasteiger partial charge in [-0.1, -0.05) is 0 Å². The molecular formula is C14H29NO5. The van der Waals surface area contributed by atoms with Crippen molar-refractivity contribution in [1.82, 2.24) is 0 Å². The van der Waals surface area contributed by atoms with Gasteiger partial charge in [-0.25, -0.2) is 0 Å². The van der Waals surface area contributed by atoms with Crippen LogP contribution in [0.2, 0.25) is 0 Å². The first-order valence-electron chi connectivity index (χ1n) is 7.08. The number of rotatable bonds is 12. The Labute approximate surface area is 121 Å². The average Bonchev–Trinajstić information content (AvgIpc) is 2.37. The van der Waals surface area contributed by atoms with E-state index in [9.17, 15) is 4.79 Å². The van der Waals surface area contributed by atoms with Crippen molar-refractivity contribution >= 4 is 5.97 Å². The Bertz CT molecular complexity index is 258. The zero-order valence-corrected chi connectivity index (χ0v) is 13.1. The third kappa shape index (κ3) is 9.25. The number of hydrogen-bond acceptors (Lipinski definition) is 6. The largest absolute Gasteiger partial charge is 0.465 e. The highest BCUT2D eigenvalue weighted by Crippen LogP contribution is 2.13. The van der Waals surface area contributed by atoms with Gasteiger partial charge in [0.1, 0.15) is 5.54 Å². The van der Waals surface area contributed by atoms with E-state index in [1.54, 1.807) is 21.0 Å². The highest BCUT2D eigenvalue weighted by atomic mass is 16.5. The van der Waals surface area contributed by atoms with Crippen molar-refractivity contribution in [2.45, 2.75) is 45.3 Å². The zero-order chi connectivity index (χ0) is 15.4. The van der Waals surface area contributed by atoms with Crippen LogP contribution in [0.1, 0.15) is 33.6 Å². The number of esters is 1. The van der Waals surface area contributed by atoms with Gasteiger partial charge in [-0.3, -0.25) is 4.79 Å². The minimum atomic E-state index is -1.01. The molecule has 0 rings (SSSR count). The van der Waals surface area contributed by atoms with Crippen LogP contribution in [0.15, 0.2) is 0 Å². The van der Waals surface area contributed by atoms with Gasteiger partial charge in [0, 0.05) is 26.7 Å². The maximum Gasteiger partial charge on any atom is 0.325 e. The lowest BCUT2D eigenvalue weighted by Gasteiger charge is -2.25. The van der Waals surface area contributed by atoms with E-state index in [-0.39, 0.29) is 6.10 Å². The molecule has 0 bridgehead atoms. The van der Waals surface area contributed by atoms with Gasteiger partial charge in [-0.2, -0.15) is 0 Å². The molecule has 6 heteroatoms. The molecule has 2 N–H and O–H groups in total. The Kier molecular flexibility index (Phi) is 10.6. The summed E-state index contributed by atoms with van der Waals surface area (Å²) in [7, 11) is 1.64. The van der Waals surface area contributed by atoms with Crippen LogP contribution >= 0.6 is 0 Å². The van der Waals surface area contributed by atoms with Gasteiger partial charge in [0.2, 0.25) is 0 Å². The molecule has 0 saturated carbocycles. The lowest BCUT2D eigenvalue weighted by Crippen LogP contribution is -2.48. The molecule has 0 radical (unpaired) electrons. The van der Waals surface area contributed by atoms with Crippen LogP contribution < -0.4 is 5.73 Å². The molecule has 0 amide bonds. The van der Waals surface area contributed by atoms with E-state index < -0.39 is 11.5 Å². The Morgan fingerprint density at radius 2 is 1.95 bits per heavy atom. The molecule has 0 aromatic rings. The van der Waals surface area contributed by atoms with E-state index in [4.69, 9.17) is 24.7 Å². The standard InChI is InChI=1S/C14H29NO5/c1-5-19-13(16)14(3,15)11-12(2)20-8-6-7-18-10-9-17-4/h12H,5-11,15H2,1-4H3. The zero-order valence-electron chi connectivity index (χ0n) is 13.1. The molecule has 0 aromatic heterocycles. The summed E-state index contributed by atoms with van der Waals surface area (Å²) in [5, 5.41) is 0. The fraction of sp³-hybridized carbons (Fsp3) is 0.929. The highest BCUT2D eigenvalue weighted by molar-refractivity contribution is 5.80. The summed E-state index contributed by atoms with van der Waals surface area (Å²) >= 11 is 0. The molecule has 2 unspecified atom stereocenters. The molecule has 20 heavy (non-hydrogen) atoms. The van der Waals surface area contributed by atoms with Crippen LogP contribution in [0.4, 0.5) is 0 Å². The SMILES string of the molecule is CCOC(=O)C(C)(N)CC(C)OCCCOCCOC. The van der Waals surface area contributed by atoms with Gasteiger partial charge in [0.05, 0.1) is 25.9 Å².